The predicted molar refractivity (Wildman–Crippen MR) is 58.7 cm³/mol. The average Bonchev–Trinajstić information content (AvgIpc) is 2.18. The Bertz CT molecular complexity index is 360. The molecule has 0 saturated carbocycles. The summed E-state index contributed by atoms with van der Waals surface area (Å²) in [5, 5.41) is 3.27. The second-order valence-electron chi connectivity index (χ2n) is 2.96. The lowest BCUT2D eigenvalue weighted by Crippen LogP contribution is -2.23. The van der Waals surface area contributed by atoms with Gasteiger partial charge in [-0.05, 0) is 24.6 Å². The molecule has 14 heavy (non-hydrogen) atoms. The van der Waals surface area contributed by atoms with Gasteiger partial charge in [0.1, 0.15) is 0 Å². The molecule has 2 nitrogen and oxygen atoms in total. The molecule has 0 heterocycles. The summed E-state index contributed by atoms with van der Waals surface area (Å²) in [7, 11) is 0. The van der Waals surface area contributed by atoms with E-state index in [1.807, 2.05) is 13.0 Å². The number of halogens is 1. The summed E-state index contributed by atoms with van der Waals surface area (Å²) in [6, 6.07) is 5.25. The number of rotatable bonds is 3. The molecule has 1 rings (SSSR count). The SMILES string of the molecule is C=CCNC(=O)c1cc(Cl)ccc1C. The fraction of sp³-hybridized carbons (Fsp3) is 0.182. The summed E-state index contributed by atoms with van der Waals surface area (Å²) in [6.07, 6.45) is 1.64. The van der Waals surface area contributed by atoms with Crippen molar-refractivity contribution < 1.29 is 4.79 Å². The van der Waals surface area contributed by atoms with E-state index in [4.69, 9.17) is 11.6 Å². The van der Waals surface area contributed by atoms with Crippen LogP contribution in [0.15, 0.2) is 30.9 Å². The van der Waals surface area contributed by atoms with Crippen LogP contribution in [0.4, 0.5) is 0 Å². The molecule has 1 aromatic rings. The molecule has 0 bridgehead atoms. The summed E-state index contributed by atoms with van der Waals surface area (Å²) in [6.45, 7) is 5.86. The van der Waals surface area contributed by atoms with E-state index in [-0.39, 0.29) is 5.91 Å². The van der Waals surface area contributed by atoms with Crippen LogP contribution in [-0.2, 0) is 0 Å². The first-order valence-corrected chi connectivity index (χ1v) is 4.68. The zero-order chi connectivity index (χ0) is 10.6. The molecule has 0 aliphatic rings. The van der Waals surface area contributed by atoms with Crippen molar-refractivity contribution in [2.75, 3.05) is 6.54 Å². The summed E-state index contributed by atoms with van der Waals surface area (Å²) in [4.78, 5) is 11.6. The average molecular weight is 210 g/mol. The molecule has 1 aromatic carbocycles. The van der Waals surface area contributed by atoms with Crippen molar-refractivity contribution >= 4 is 17.5 Å². The first kappa shape index (κ1) is 10.8. The van der Waals surface area contributed by atoms with Gasteiger partial charge in [-0.2, -0.15) is 0 Å². The minimum atomic E-state index is -0.120. The summed E-state index contributed by atoms with van der Waals surface area (Å²) < 4.78 is 0. The van der Waals surface area contributed by atoms with Crippen molar-refractivity contribution in [3.8, 4) is 0 Å². The molecule has 74 valence electrons. The Balaban J connectivity index is 2.88. The van der Waals surface area contributed by atoms with Crippen LogP contribution >= 0.6 is 11.6 Å². The molecule has 0 aliphatic carbocycles. The Morgan fingerprint density at radius 2 is 2.36 bits per heavy atom. The van der Waals surface area contributed by atoms with Crippen molar-refractivity contribution in [3.63, 3.8) is 0 Å². The molecular formula is C11H12ClNO. The van der Waals surface area contributed by atoms with Crippen molar-refractivity contribution in [1.82, 2.24) is 5.32 Å². The second-order valence-corrected chi connectivity index (χ2v) is 3.39. The normalized spacial score (nSPS) is 9.57. The van der Waals surface area contributed by atoms with Gasteiger partial charge in [-0.1, -0.05) is 23.7 Å². The molecule has 0 aliphatic heterocycles. The molecule has 3 heteroatoms. The van der Waals surface area contributed by atoms with E-state index in [1.165, 1.54) is 0 Å². The lowest BCUT2D eigenvalue weighted by molar-refractivity contribution is 0.0957. The maximum Gasteiger partial charge on any atom is 0.251 e. The summed E-state index contributed by atoms with van der Waals surface area (Å²) in [5.41, 5.74) is 1.52. The molecule has 0 saturated heterocycles. The van der Waals surface area contributed by atoms with Crippen LogP contribution in [-0.4, -0.2) is 12.5 Å². The fourth-order valence-corrected chi connectivity index (χ4v) is 1.27. The second kappa shape index (κ2) is 4.82. The van der Waals surface area contributed by atoms with Gasteiger partial charge in [0.2, 0.25) is 0 Å². The van der Waals surface area contributed by atoms with Crippen molar-refractivity contribution in [3.05, 3.63) is 47.0 Å². The summed E-state index contributed by atoms with van der Waals surface area (Å²) >= 11 is 5.79. The van der Waals surface area contributed by atoms with E-state index in [2.05, 4.69) is 11.9 Å². The number of benzene rings is 1. The number of hydrogen-bond acceptors (Lipinski definition) is 1. The maximum absolute atomic E-state index is 11.6. The Morgan fingerprint density at radius 3 is 3.00 bits per heavy atom. The molecule has 0 atom stereocenters. The number of carbonyl (C=O) groups is 1. The first-order valence-electron chi connectivity index (χ1n) is 4.30. The van der Waals surface area contributed by atoms with Crippen LogP contribution in [0.1, 0.15) is 15.9 Å². The van der Waals surface area contributed by atoms with Gasteiger partial charge in [0.25, 0.3) is 5.91 Å². The third kappa shape index (κ3) is 2.60. The van der Waals surface area contributed by atoms with Gasteiger partial charge in [-0.25, -0.2) is 0 Å². The molecule has 0 spiro atoms. The topological polar surface area (TPSA) is 29.1 Å². The van der Waals surface area contributed by atoms with Gasteiger partial charge in [0, 0.05) is 17.1 Å². The fourth-order valence-electron chi connectivity index (χ4n) is 1.10. The number of aryl methyl sites for hydroxylation is 1. The highest BCUT2D eigenvalue weighted by Crippen LogP contribution is 2.14. The minimum absolute atomic E-state index is 0.120. The van der Waals surface area contributed by atoms with E-state index in [0.29, 0.717) is 17.1 Å². The van der Waals surface area contributed by atoms with Gasteiger partial charge < -0.3 is 5.32 Å². The maximum atomic E-state index is 11.6. The smallest absolute Gasteiger partial charge is 0.251 e. The van der Waals surface area contributed by atoms with E-state index in [0.717, 1.165) is 5.56 Å². The Kier molecular flexibility index (Phi) is 3.72. The predicted octanol–water partition coefficient (Wildman–Crippen LogP) is 2.56. The Labute approximate surface area is 88.6 Å². The van der Waals surface area contributed by atoms with Crippen LogP contribution < -0.4 is 5.32 Å². The van der Waals surface area contributed by atoms with Crippen LogP contribution in [0.5, 0.6) is 0 Å². The molecule has 1 N–H and O–H groups in total. The van der Waals surface area contributed by atoms with E-state index >= 15 is 0 Å². The lowest BCUT2D eigenvalue weighted by Gasteiger charge is -2.05. The number of carbonyl (C=O) groups excluding carboxylic acids is 1. The third-order valence-corrected chi connectivity index (χ3v) is 2.09. The van der Waals surface area contributed by atoms with Crippen molar-refractivity contribution in [2.24, 2.45) is 0 Å². The van der Waals surface area contributed by atoms with E-state index in [1.54, 1.807) is 18.2 Å². The van der Waals surface area contributed by atoms with Gasteiger partial charge in [-0.3, -0.25) is 4.79 Å². The molecular weight excluding hydrogens is 198 g/mol. The Hall–Kier alpha value is -1.28. The molecule has 0 radical (unpaired) electrons. The zero-order valence-corrected chi connectivity index (χ0v) is 8.77. The van der Waals surface area contributed by atoms with Gasteiger partial charge in [0.15, 0.2) is 0 Å². The van der Waals surface area contributed by atoms with E-state index < -0.39 is 0 Å². The van der Waals surface area contributed by atoms with Crippen molar-refractivity contribution in [2.45, 2.75) is 6.92 Å². The van der Waals surface area contributed by atoms with Crippen LogP contribution in [0.25, 0.3) is 0 Å². The minimum Gasteiger partial charge on any atom is -0.349 e. The van der Waals surface area contributed by atoms with Gasteiger partial charge >= 0.3 is 0 Å². The largest absolute Gasteiger partial charge is 0.349 e. The highest BCUT2D eigenvalue weighted by atomic mass is 35.5. The number of hydrogen-bond donors (Lipinski definition) is 1. The van der Waals surface area contributed by atoms with Gasteiger partial charge in [-0.15, -0.1) is 6.58 Å². The first-order chi connectivity index (χ1) is 6.65. The number of amides is 1. The standard InChI is InChI=1S/C11H12ClNO/c1-3-6-13-11(14)10-7-9(12)5-4-8(10)2/h3-5,7H,1,6H2,2H3,(H,13,14). The highest BCUT2D eigenvalue weighted by Gasteiger charge is 2.07. The van der Waals surface area contributed by atoms with Crippen LogP contribution in [0, 0.1) is 6.92 Å². The molecule has 0 unspecified atom stereocenters. The summed E-state index contributed by atoms with van der Waals surface area (Å²) in [5.74, 6) is -0.120. The molecule has 0 aromatic heterocycles. The van der Waals surface area contributed by atoms with E-state index in [9.17, 15) is 4.79 Å². The highest BCUT2D eigenvalue weighted by molar-refractivity contribution is 6.31. The zero-order valence-electron chi connectivity index (χ0n) is 8.01. The monoisotopic (exact) mass is 209 g/mol. The molecule has 0 fully saturated rings. The lowest BCUT2D eigenvalue weighted by atomic mass is 10.1. The van der Waals surface area contributed by atoms with Crippen LogP contribution in [0.2, 0.25) is 5.02 Å². The Morgan fingerprint density at radius 1 is 1.64 bits per heavy atom. The van der Waals surface area contributed by atoms with Crippen molar-refractivity contribution in [1.29, 1.82) is 0 Å². The quantitative estimate of drug-likeness (QED) is 0.762. The van der Waals surface area contributed by atoms with Gasteiger partial charge in [0.05, 0.1) is 0 Å². The number of nitrogens with one attached hydrogen (secondary N) is 1. The third-order valence-electron chi connectivity index (χ3n) is 1.85. The molecule has 1 amide bonds. The van der Waals surface area contributed by atoms with Crippen LogP contribution in [0.3, 0.4) is 0 Å².